The molecule has 0 radical (unpaired) electrons. The fourth-order valence-electron chi connectivity index (χ4n) is 2.43. The second-order valence-electron chi connectivity index (χ2n) is 5.04. The van der Waals surface area contributed by atoms with Crippen molar-refractivity contribution in [2.45, 2.75) is 64.5 Å². The summed E-state index contributed by atoms with van der Waals surface area (Å²) in [5.74, 6) is 0.836. The molecule has 1 fully saturated rings. The molecule has 3 heteroatoms. The highest BCUT2D eigenvalue weighted by Crippen LogP contribution is 2.27. The van der Waals surface area contributed by atoms with E-state index in [4.69, 9.17) is 5.73 Å². The molecule has 0 aliphatic heterocycles. The number of hydrogen-bond donors (Lipinski definition) is 2. The summed E-state index contributed by atoms with van der Waals surface area (Å²) in [6.45, 7) is 4.00. The topological polar surface area (TPSA) is 55.1 Å². The SMILES string of the molecule is CC(N)CC(C)NC(=O)CC1CCCC1. The van der Waals surface area contributed by atoms with Gasteiger partial charge in [0, 0.05) is 18.5 Å². The summed E-state index contributed by atoms with van der Waals surface area (Å²) in [6, 6.07) is 0.366. The van der Waals surface area contributed by atoms with E-state index in [1.54, 1.807) is 0 Å². The molecule has 2 atom stereocenters. The Bertz CT molecular complexity index is 198. The first-order valence-electron chi connectivity index (χ1n) is 6.13. The smallest absolute Gasteiger partial charge is 0.220 e. The molecule has 0 spiro atoms. The second-order valence-corrected chi connectivity index (χ2v) is 5.04. The number of amides is 1. The third-order valence-electron chi connectivity index (χ3n) is 3.08. The van der Waals surface area contributed by atoms with Crippen LogP contribution in [0.5, 0.6) is 0 Å². The van der Waals surface area contributed by atoms with E-state index in [1.165, 1.54) is 25.7 Å². The van der Waals surface area contributed by atoms with Crippen molar-refractivity contribution in [3.05, 3.63) is 0 Å². The average molecular weight is 212 g/mol. The van der Waals surface area contributed by atoms with Crippen LogP contribution in [0.3, 0.4) is 0 Å². The Hall–Kier alpha value is -0.570. The molecular weight excluding hydrogens is 188 g/mol. The summed E-state index contributed by atoms with van der Waals surface area (Å²) < 4.78 is 0. The van der Waals surface area contributed by atoms with Crippen LogP contribution in [0.15, 0.2) is 0 Å². The molecule has 0 heterocycles. The summed E-state index contributed by atoms with van der Waals surface area (Å²) in [5.41, 5.74) is 5.68. The van der Waals surface area contributed by atoms with Crippen LogP contribution < -0.4 is 11.1 Å². The Balaban J connectivity index is 2.16. The lowest BCUT2D eigenvalue weighted by atomic mass is 10.0. The Morgan fingerprint density at radius 2 is 2.00 bits per heavy atom. The van der Waals surface area contributed by atoms with Crippen molar-refractivity contribution in [3.63, 3.8) is 0 Å². The zero-order valence-electron chi connectivity index (χ0n) is 9.96. The first-order valence-corrected chi connectivity index (χ1v) is 6.13. The van der Waals surface area contributed by atoms with Crippen LogP contribution in [0.4, 0.5) is 0 Å². The number of carbonyl (C=O) groups excluding carboxylic acids is 1. The fourth-order valence-corrected chi connectivity index (χ4v) is 2.43. The molecule has 1 aliphatic carbocycles. The second kappa shape index (κ2) is 6.11. The molecule has 0 aromatic rings. The van der Waals surface area contributed by atoms with Crippen LogP contribution in [-0.2, 0) is 4.79 Å². The largest absolute Gasteiger partial charge is 0.354 e. The van der Waals surface area contributed by atoms with Gasteiger partial charge in [0.05, 0.1) is 0 Å². The van der Waals surface area contributed by atoms with Gasteiger partial charge >= 0.3 is 0 Å². The van der Waals surface area contributed by atoms with Crippen molar-refractivity contribution >= 4 is 5.91 Å². The molecule has 1 saturated carbocycles. The third kappa shape index (κ3) is 5.17. The van der Waals surface area contributed by atoms with Crippen LogP contribution >= 0.6 is 0 Å². The van der Waals surface area contributed by atoms with Gasteiger partial charge in [-0.25, -0.2) is 0 Å². The first-order chi connectivity index (χ1) is 7.08. The maximum absolute atomic E-state index is 11.6. The molecule has 0 saturated heterocycles. The van der Waals surface area contributed by atoms with Gasteiger partial charge in [0.25, 0.3) is 0 Å². The number of rotatable bonds is 5. The minimum atomic E-state index is 0.159. The number of hydrogen-bond acceptors (Lipinski definition) is 2. The molecule has 0 aromatic carbocycles. The third-order valence-corrected chi connectivity index (χ3v) is 3.08. The van der Waals surface area contributed by atoms with Gasteiger partial charge in [-0.3, -0.25) is 4.79 Å². The van der Waals surface area contributed by atoms with Gasteiger partial charge in [0.1, 0.15) is 0 Å². The lowest BCUT2D eigenvalue weighted by Gasteiger charge is -2.17. The van der Waals surface area contributed by atoms with E-state index in [0.717, 1.165) is 6.42 Å². The summed E-state index contributed by atoms with van der Waals surface area (Å²) in [7, 11) is 0. The summed E-state index contributed by atoms with van der Waals surface area (Å²) in [5, 5.41) is 3.02. The van der Waals surface area contributed by atoms with Gasteiger partial charge in [-0.1, -0.05) is 12.8 Å². The van der Waals surface area contributed by atoms with Crippen molar-refractivity contribution in [2.24, 2.45) is 11.7 Å². The maximum Gasteiger partial charge on any atom is 0.220 e. The quantitative estimate of drug-likeness (QED) is 0.730. The van der Waals surface area contributed by atoms with Crippen LogP contribution in [0.25, 0.3) is 0 Å². The van der Waals surface area contributed by atoms with Gasteiger partial charge in [-0.15, -0.1) is 0 Å². The monoisotopic (exact) mass is 212 g/mol. The predicted molar refractivity (Wildman–Crippen MR) is 62.4 cm³/mol. The minimum absolute atomic E-state index is 0.159. The molecule has 0 bridgehead atoms. The highest BCUT2D eigenvalue weighted by molar-refractivity contribution is 5.76. The van der Waals surface area contributed by atoms with Gasteiger partial charge in [0.2, 0.25) is 5.91 Å². The summed E-state index contributed by atoms with van der Waals surface area (Å²) in [4.78, 5) is 11.6. The standard InChI is InChI=1S/C12H24N2O/c1-9(13)7-10(2)14-12(15)8-11-5-3-4-6-11/h9-11H,3-8,13H2,1-2H3,(H,14,15). The van der Waals surface area contributed by atoms with E-state index < -0.39 is 0 Å². The van der Waals surface area contributed by atoms with Gasteiger partial charge < -0.3 is 11.1 Å². The molecule has 1 amide bonds. The Morgan fingerprint density at radius 1 is 1.40 bits per heavy atom. The maximum atomic E-state index is 11.6. The van der Waals surface area contributed by atoms with Crippen molar-refractivity contribution in [1.82, 2.24) is 5.32 Å². The Labute approximate surface area is 92.8 Å². The zero-order chi connectivity index (χ0) is 11.3. The van der Waals surface area contributed by atoms with E-state index in [1.807, 2.05) is 13.8 Å². The summed E-state index contributed by atoms with van der Waals surface area (Å²) in [6.07, 6.45) is 6.63. The van der Waals surface area contributed by atoms with Crippen molar-refractivity contribution in [3.8, 4) is 0 Å². The summed E-state index contributed by atoms with van der Waals surface area (Å²) >= 11 is 0. The van der Waals surface area contributed by atoms with E-state index in [-0.39, 0.29) is 18.0 Å². The highest BCUT2D eigenvalue weighted by atomic mass is 16.1. The van der Waals surface area contributed by atoms with Crippen LogP contribution in [0, 0.1) is 5.92 Å². The highest BCUT2D eigenvalue weighted by Gasteiger charge is 2.19. The molecule has 1 aliphatic rings. The van der Waals surface area contributed by atoms with E-state index in [2.05, 4.69) is 5.32 Å². The van der Waals surface area contributed by atoms with Gasteiger partial charge in [0.15, 0.2) is 0 Å². The van der Waals surface area contributed by atoms with Gasteiger partial charge in [-0.2, -0.15) is 0 Å². The normalized spacial score (nSPS) is 21.3. The first kappa shape index (κ1) is 12.5. The number of nitrogens with two attached hydrogens (primary N) is 1. The van der Waals surface area contributed by atoms with Crippen LogP contribution in [-0.4, -0.2) is 18.0 Å². The molecule has 2 unspecified atom stereocenters. The Morgan fingerprint density at radius 3 is 2.53 bits per heavy atom. The molecule has 15 heavy (non-hydrogen) atoms. The molecular formula is C12H24N2O. The van der Waals surface area contributed by atoms with Crippen molar-refractivity contribution in [2.75, 3.05) is 0 Å². The average Bonchev–Trinajstić information content (AvgIpc) is 2.53. The predicted octanol–water partition coefficient (Wildman–Crippen LogP) is 1.81. The molecule has 3 nitrogen and oxygen atoms in total. The van der Waals surface area contributed by atoms with Crippen LogP contribution in [0.2, 0.25) is 0 Å². The van der Waals surface area contributed by atoms with Crippen molar-refractivity contribution in [1.29, 1.82) is 0 Å². The van der Waals surface area contributed by atoms with Crippen LogP contribution in [0.1, 0.15) is 52.4 Å². The van der Waals surface area contributed by atoms with E-state index >= 15 is 0 Å². The fraction of sp³-hybridized carbons (Fsp3) is 0.917. The van der Waals surface area contributed by atoms with Gasteiger partial charge in [-0.05, 0) is 39.0 Å². The molecule has 1 rings (SSSR count). The molecule has 0 aromatic heterocycles. The Kier molecular flexibility index (Phi) is 5.09. The molecule has 3 N–H and O–H groups in total. The zero-order valence-corrected chi connectivity index (χ0v) is 9.96. The van der Waals surface area contributed by atoms with Crippen molar-refractivity contribution < 1.29 is 4.79 Å². The number of nitrogens with one attached hydrogen (secondary N) is 1. The minimum Gasteiger partial charge on any atom is -0.354 e. The molecule has 88 valence electrons. The lowest BCUT2D eigenvalue weighted by Crippen LogP contribution is -2.37. The van der Waals surface area contributed by atoms with E-state index in [0.29, 0.717) is 12.3 Å². The lowest BCUT2D eigenvalue weighted by molar-refractivity contribution is -0.122. The number of carbonyl (C=O) groups is 1. The van der Waals surface area contributed by atoms with E-state index in [9.17, 15) is 4.79 Å².